The highest BCUT2D eigenvalue weighted by Gasteiger charge is 2.17. The predicted octanol–water partition coefficient (Wildman–Crippen LogP) is 8.18. The van der Waals surface area contributed by atoms with Crippen molar-refractivity contribution in [2.45, 2.75) is 0 Å². The maximum absolute atomic E-state index is 6.74. The lowest BCUT2D eigenvalue weighted by Gasteiger charge is -2.02. The number of hydrogen-bond donors (Lipinski definition) is 0. The second kappa shape index (κ2) is 6.45. The third-order valence-electron chi connectivity index (χ3n) is 5.21. The van der Waals surface area contributed by atoms with Gasteiger partial charge in [0.2, 0.25) is 5.89 Å². The molecular weight excluding hydrogens is 398 g/mol. The third kappa shape index (κ3) is 2.66. The molecule has 2 aromatic heterocycles. The lowest BCUT2D eigenvalue weighted by Crippen LogP contribution is -1.80. The van der Waals surface area contributed by atoms with E-state index in [9.17, 15) is 0 Å². The van der Waals surface area contributed by atoms with E-state index in [1.807, 2.05) is 42.5 Å². The minimum Gasteiger partial charge on any atom is -0.436 e. The smallest absolute Gasteiger partial charge is 0.227 e. The summed E-state index contributed by atoms with van der Waals surface area (Å²) < 4.78 is 8.39. The summed E-state index contributed by atoms with van der Waals surface area (Å²) in [4.78, 5) is 4.71. The fraction of sp³-hybridized carbons (Fsp3) is 0. The van der Waals surface area contributed by atoms with E-state index in [2.05, 4.69) is 42.5 Å². The number of aromatic nitrogens is 1. The molecule has 0 aliphatic carbocycles. The standard InChI is InChI=1S/C25H14ClNOS/c26-22-23-20(14-19-18-8-4-5-9-21(18)29-24(19)22)28-25(27-23)17-12-10-16(11-13-17)15-6-2-1-3-7-15/h1-14H. The lowest BCUT2D eigenvalue weighted by molar-refractivity contribution is 0.620. The molecule has 0 aliphatic rings. The van der Waals surface area contributed by atoms with E-state index < -0.39 is 0 Å². The van der Waals surface area contributed by atoms with Gasteiger partial charge < -0.3 is 4.42 Å². The maximum atomic E-state index is 6.74. The molecule has 0 N–H and O–H groups in total. The lowest BCUT2D eigenvalue weighted by atomic mass is 10.0. The molecule has 0 saturated heterocycles. The first-order chi connectivity index (χ1) is 14.3. The molecule has 0 unspecified atom stereocenters. The summed E-state index contributed by atoms with van der Waals surface area (Å²) in [5, 5.41) is 2.97. The summed E-state index contributed by atoms with van der Waals surface area (Å²) in [6, 6.07) is 29.0. The van der Waals surface area contributed by atoms with Gasteiger partial charge in [0.25, 0.3) is 0 Å². The number of hydrogen-bond acceptors (Lipinski definition) is 3. The number of oxazole rings is 1. The fourth-order valence-corrected chi connectivity index (χ4v) is 5.23. The zero-order valence-electron chi connectivity index (χ0n) is 15.2. The van der Waals surface area contributed by atoms with Crippen LogP contribution in [0.3, 0.4) is 0 Å². The first-order valence-corrected chi connectivity index (χ1v) is 10.5. The Morgan fingerprint density at radius 1 is 0.724 bits per heavy atom. The number of benzene rings is 4. The molecular formula is C25H14ClNOS. The van der Waals surface area contributed by atoms with Gasteiger partial charge in [0.1, 0.15) is 5.52 Å². The molecule has 0 aliphatic heterocycles. The first kappa shape index (κ1) is 16.8. The van der Waals surface area contributed by atoms with Gasteiger partial charge in [0.15, 0.2) is 5.58 Å². The summed E-state index contributed by atoms with van der Waals surface area (Å²) in [6.45, 7) is 0. The normalized spacial score (nSPS) is 11.6. The molecule has 0 bridgehead atoms. The SMILES string of the molecule is Clc1c2nc(-c3ccc(-c4ccccc4)cc3)oc2cc2c1sc1ccccc12. The number of fused-ring (bicyclic) bond motifs is 4. The highest BCUT2D eigenvalue weighted by atomic mass is 35.5. The summed E-state index contributed by atoms with van der Waals surface area (Å²) in [5.41, 5.74) is 4.72. The molecule has 0 amide bonds. The zero-order chi connectivity index (χ0) is 19.4. The summed E-state index contributed by atoms with van der Waals surface area (Å²) in [7, 11) is 0. The van der Waals surface area contributed by atoms with Crippen molar-refractivity contribution in [2.24, 2.45) is 0 Å². The molecule has 0 atom stereocenters. The fourth-order valence-electron chi connectivity index (χ4n) is 3.76. The Kier molecular flexibility index (Phi) is 3.73. The molecule has 0 saturated carbocycles. The van der Waals surface area contributed by atoms with Gasteiger partial charge >= 0.3 is 0 Å². The molecule has 6 aromatic rings. The number of nitrogens with zero attached hydrogens (tertiary/aromatic N) is 1. The van der Waals surface area contributed by atoms with E-state index in [4.69, 9.17) is 21.0 Å². The molecule has 29 heavy (non-hydrogen) atoms. The topological polar surface area (TPSA) is 26.0 Å². The second-order valence-electron chi connectivity index (χ2n) is 6.97. The van der Waals surface area contributed by atoms with Crippen molar-refractivity contribution >= 4 is 54.2 Å². The summed E-state index contributed by atoms with van der Waals surface area (Å²) in [6.07, 6.45) is 0. The van der Waals surface area contributed by atoms with Crippen LogP contribution in [0, 0.1) is 0 Å². The minimum absolute atomic E-state index is 0.587. The second-order valence-corrected chi connectivity index (χ2v) is 8.40. The van der Waals surface area contributed by atoms with Crippen molar-refractivity contribution in [1.82, 2.24) is 4.98 Å². The van der Waals surface area contributed by atoms with E-state index in [1.54, 1.807) is 11.3 Å². The van der Waals surface area contributed by atoms with Crippen LogP contribution in [0.2, 0.25) is 5.02 Å². The van der Waals surface area contributed by atoms with Crippen LogP contribution >= 0.6 is 22.9 Å². The van der Waals surface area contributed by atoms with E-state index in [1.165, 1.54) is 15.6 Å². The number of thiophene rings is 1. The predicted molar refractivity (Wildman–Crippen MR) is 123 cm³/mol. The largest absolute Gasteiger partial charge is 0.436 e. The minimum atomic E-state index is 0.587. The van der Waals surface area contributed by atoms with Gasteiger partial charge in [-0.05, 0) is 35.4 Å². The van der Waals surface area contributed by atoms with E-state index in [-0.39, 0.29) is 0 Å². The molecule has 4 heteroatoms. The van der Waals surface area contributed by atoms with Gasteiger partial charge in [-0.2, -0.15) is 0 Å². The molecule has 0 radical (unpaired) electrons. The Morgan fingerprint density at radius 2 is 1.41 bits per heavy atom. The Bertz CT molecular complexity index is 1500. The van der Waals surface area contributed by atoms with Crippen LogP contribution < -0.4 is 0 Å². The van der Waals surface area contributed by atoms with Crippen molar-refractivity contribution < 1.29 is 4.42 Å². The highest BCUT2D eigenvalue weighted by Crippen LogP contribution is 2.42. The molecule has 6 rings (SSSR count). The van der Waals surface area contributed by atoms with Gasteiger partial charge in [-0.15, -0.1) is 11.3 Å². The zero-order valence-corrected chi connectivity index (χ0v) is 16.8. The third-order valence-corrected chi connectivity index (χ3v) is 6.89. The number of rotatable bonds is 2. The average molecular weight is 412 g/mol. The van der Waals surface area contributed by atoms with Crippen molar-refractivity contribution in [3.8, 4) is 22.6 Å². The summed E-state index contributed by atoms with van der Waals surface area (Å²) in [5.74, 6) is 0.587. The van der Waals surface area contributed by atoms with Crippen LogP contribution in [0.5, 0.6) is 0 Å². The van der Waals surface area contributed by atoms with Crippen LogP contribution in [0.15, 0.2) is 89.3 Å². The van der Waals surface area contributed by atoms with Crippen LogP contribution in [-0.4, -0.2) is 4.98 Å². The Balaban J connectivity index is 1.49. The molecule has 0 spiro atoms. The van der Waals surface area contributed by atoms with Gasteiger partial charge in [-0.25, -0.2) is 4.98 Å². The maximum Gasteiger partial charge on any atom is 0.227 e. The monoisotopic (exact) mass is 411 g/mol. The van der Waals surface area contributed by atoms with E-state index >= 15 is 0 Å². The van der Waals surface area contributed by atoms with Crippen LogP contribution in [0.4, 0.5) is 0 Å². The molecule has 4 aromatic carbocycles. The Morgan fingerprint density at radius 3 is 2.24 bits per heavy atom. The van der Waals surface area contributed by atoms with Crippen LogP contribution in [0.25, 0.3) is 53.9 Å². The van der Waals surface area contributed by atoms with Crippen molar-refractivity contribution in [2.75, 3.05) is 0 Å². The van der Waals surface area contributed by atoms with Gasteiger partial charge in [-0.3, -0.25) is 0 Å². The summed E-state index contributed by atoms with van der Waals surface area (Å²) >= 11 is 8.43. The Labute approximate surface area is 176 Å². The van der Waals surface area contributed by atoms with Gasteiger partial charge in [-0.1, -0.05) is 72.3 Å². The van der Waals surface area contributed by atoms with E-state index in [0.717, 1.165) is 21.2 Å². The molecule has 2 nitrogen and oxygen atoms in total. The van der Waals surface area contributed by atoms with Crippen LogP contribution in [-0.2, 0) is 0 Å². The van der Waals surface area contributed by atoms with Gasteiger partial charge in [0, 0.05) is 21.0 Å². The molecule has 0 fully saturated rings. The number of halogens is 1. The van der Waals surface area contributed by atoms with E-state index in [0.29, 0.717) is 22.0 Å². The van der Waals surface area contributed by atoms with Crippen molar-refractivity contribution in [3.63, 3.8) is 0 Å². The van der Waals surface area contributed by atoms with Gasteiger partial charge in [0.05, 0.1) is 9.72 Å². The van der Waals surface area contributed by atoms with Crippen molar-refractivity contribution in [3.05, 3.63) is 90.0 Å². The van der Waals surface area contributed by atoms with Crippen molar-refractivity contribution in [1.29, 1.82) is 0 Å². The average Bonchev–Trinajstić information content (AvgIpc) is 3.37. The van der Waals surface area contributed by atoms with Crippen LogP contribution in [0.1, 0.15) is 0 Å². The molecule has 2 heterocycles. The first-order valence-electron chi connectivity index (χ1n) is 9.34. The quantitative estimate of drug-likeness (QED) is 0.287. The highest BCUT2D eigenvalue weighted by molar-refractivity contribution is 7.26. The Hall–Kier alpha value is -3.14. The molecule has 138 valence electrons.